The van der Waals surface area contributed by atoms with Gasteiger partial charge >= 0.3 is 0 Å². The number of hydrogen-bond acceptors (Lipinski definition) is 5. The average molecular weight is 439 g/mol. The number of nitrogens with one attached hydrogen (secondary N) is 1. The van der Waals surface area contributed by atoms with Gasteiger partial charge in [0.1, 0.15) is 12.4 Å². The molecule has 1 N–H and O–H groups in total. The molecule has 0 unspecified atom stereocenters. The SMILES string of the molecule is CCc1ccccc1NC(=O)CSc1nnc(COc2ccc(C(C)(C)C)cc2)n1C. The molecule has 0 saturated heterocycles. The van der Waals surface area contributed by atoms with Crippen LogP contribution in [-0.4, -0.2) is 26.4 Å². The molecule has 1 aromatic heterocycles. The fraction of sp³-hybridized carbons (Fsp3) is 0.375. The van der Waals surface area contributed by atoms with Gasteiger partial charge in [-0.05, 0) is 41.2 Å². The van der Waals surface area contributed by atoms with Gasteiger partial charge in [-0.3, -0.25) is 4.79 Å². The Morgan fingerprint density at radius 3 is 2.48 bits per heavy atom. The number of aryl methyl sites for hydroxylation is 1. The Hall–Kier alpha value is -2.80. The van der Waals surface area contributed by atoms with Crippen molar-refractivity contribution in [2.75, 3.05) is 11.1 Å². The highest BCUT2D eigenvalue weighted by atomic mass is 32.2. The van der Waals surface area contributed by atoms with Gasteiger partial charge in [0.15, 0.2) is 11.0 Å². The minimum absolute atomic E-state index is 0.0642. The molecule has 0 atom stereocenters. The van der Waals surface area contributed by atoms with E-state index < -0.39 is 0 Å². The van der Waals surface area contributed by atoms with Crippen LogP contribution in [0.3, 0.4) is 0 Å². The molecule has 0 bridgehead atoms. The van der Waals surface area contributed by atoms with E-state index in [1.54, 1.807) is 0 Å². The summed E-state index contributed by atoms with van der Waals surface area (Å²) < 4.78 is 7.73. The number of nitrogens with zero attached hydrogens (tertiary/aromatic N) is 3. The Balaban J connectivity index is 1.53. The molecule has 0 spiro atoms. The first-order valence-corrected chi connectivity index (χ1v) is 11.4. The molecule has 0 saturated carbocycles. The van der Waals surface area contributed by atoms with Crippen LogP contribution < -0.4 is 10.1 Å². The summed E-state index contributed by atoms with van der Waals surface area (Å²) >= 11 is 1.36. The maximum absolute atomic E-state index is 12.4. The summed E-state index contributed by atoms with van der Waals surface area (Å²) in [6.07, 6.45) is 0.870. The second-order valence-electron chi connectivity index (χ2n) is 8.37. The zero-order chi connectivity index (χ0) is 22.4. The molecule has 0 fully saturated rings. The van der Waals surface area contributed by atoms with Gasteiger partial charge in [-0.15, -0.1) is 10.2 Å². The van der Waals surface area contributed by atoms with E-state index in [4.69, 9.17) is 4.74 Å². The number of para-hydroxylation sites is 1. The van der Waals surface area contributed by atoms with Crippen LogP contribution >= 0.6 is 11.8 Å². The lowest BCUT2D eigenvalue weighted by atomic mass is 9.87. The van der Waals surface area contributed by atoms with E-state index >= 15 is 0 Å². The first-order chi connectivity index (χ1) is 14.8. The highest BCUT2D eigenvalue weighted by Crippen LogP contribution is 2.25. The number of aromatic nitrogens is 3. The van der Waals surface area contributed by atoms with Crippen LogP contribution in [0, 0.1) is 0 Å². The fourth-order valence-electron chi connectivity index (χ4n) is 3.06. The molecule has 6 nitrogen and oxygen atoms in total. The highest BCUT2D eigenvalue weighted by molar-refractivity contribution is 7.99. The number of hydrogen-bond donors (Lipinski definition) is 1. The second-order valence-corrected chi connectivity index (χ2v) is 9.31. The third-order valence-electron chi connectivity index (χ3n) is 5.02. The summed E-state index contributed by atoms with van der Waals surface area (Å²) in [4.78, 5) is 12.4. The van der Waals surface area contributed by atoms with Crippen LogP contribution in [0.4, 0.5) is 5.69 Å². The van der Waals surface area contributed by atoms with E-state index in [-0.39, 0.29) is 17.1 Å². The third-order valence-corrected chi connectivity index (χ3v) is 6.04. The lowest BCUT2D eigenvalue weighted by Gasteiger charge is -2.19. The molecule has 1 heterocycles. The molecule has 3 aromatic rings. The molecule has 0 aliphatic heterocycles. The van der Waals surface area contributed by atoms with E-state index in [0.717, 1.165) is 23.4 Å². The van der Waals surface area contributed by atoms with Gasteiger partial charge in [0.2, 0.25) is 5.91 Å². The van der Waals surface area contributed by atoms with E-state index in [9.17, 15) is 4.79 Å². The average Bonchev–Trinajstić information content (AvgIpc) is 3.10. The number of rotatable bonds is 8. The van der Waals surface area contributed by atoms with Gasteiger partial charge in [-0.25, -0.2) is 0 Å². The topological polar surface area (TPSA) is 69.0 Å². The van der Waals surface area contributed by atoms with Crippen molar-refractivity contribution in [1.82, 2.24) is 14.8 Å². The number of anilines is 1. The van der Waals surface area contributed by atoms with Crippen molar-refractivity contribution in [3.05, 3.63) is 65.5 Å². The molecule has 0 aliphatic rings. The van der Waals surface area contributed by atoms with Crippen LogP contribution in [0.2, 0.25) is 0 Å². The molecule has 2 aromatic carbocycles. The number of amides is 1. The van der Waals surface area contributed by atoms with E-state index in [0.29, 0.717) is 17.6 Å². The van der Waals surface area contributed by atoms with E-state index in [1.807, 2.05) is 48.0 Å². The smallest absolute Gasteiger partial charge is 0.234 e. The summed E-state index contributed by atoms with van der Waals surface area (Å²) in [5, 5.41) is 12.1. The Bertz CT molecular complexity index is 1020. The summed E-state index contributed by atoms with van der Waals surface area (Å²) in [6.45, 7) is 8.94. The summed E-state index contributed by atoms with van der Waals surface area (Å²) in [5.41, 5.74) is 3.35. The highest BCUT2D eigenvalue weighted by Gasteiger charge is 2.15. The zero-order valence-electron chi connectivity index (χ0n) is 18.8. The number of carbonyl (C=O) groups is 1. The van der Waals surface area contributed by atoms with Crippen LogP contribution in [-0.2, 0) is 30.3 Å². The number of thioether (sulfide) groups is 1. The van der Waals surface area contributed by atoms with Crippen LogP contribution in [0.15, 0.2) is 53.7 Å². The predicted molar refractivity (Wildman–Crippen MR) is 126 cm³/mol. The van der Waals surface area contributed by atoms with Crippen LogP contribution in [0.25, 0.3) is 0 Å². The van der Waals surface area contributed by atoms with Gasteiger partial charge in [0.25, 0.3) is 0 Å². The third kappa shape index (κ3) is 6.10. The zero-order valence-corrected chi connectivity index (χ0v) is 19.6. The lowest BCUT2D eigenvalue weighted by molar-refractivity contribution is -0.113. The summed E-state index contributed by atoms with van der Waals surface area (Å²) in [5.74, 6) is 1.70. The minimum Gasteiger partial charge on any atom is -0.486 e. The maximum Gasteiger partial charge on any atom is 0.234 e. The molecular weight excluding hydrogens is 408 g/mol. The monoisotopic (exact) mass is 438 g/mol. The summed E-state index contributed by atoms with van der Waals surface area (Å²) in [7, 11) is 1.88. The lowest BCUT2D eigenvalue weighted by Crippen LogP contribution is -2.15. The minimum atomic E-state index is -0.0642. The maximum atomic E-state index is 12.4. The first kappa shape index (κ1) is 22.9. The van der Waals surface area contributed by atoms with Crippen LogP contribution in [0.1, 0.15) is 44.6 Å². The molecule has 31 heavy (non-hydrogen) atoms. The molecule has 164 valence electrons. The van der Waals surface area contributed by atoms with Crippen molar-refractivity contribution in [1.29, 1.82) is 0 Å². The second kappa shape index (κ2) is 10.0. The number of ether oxygens (including phenoxy) is 1. The first-order valence-electron chi connectivity index (χ1n) is 10.4. The van der Waals surface area contributed by atoms with Crippen molar-refractivity contribution < 1.29 is 9.53 Å². The Labute approximate surface area is 188 Å². The molecule has 3 rings (SSSR count). The van der Waals surface area contributed by atoms with Crippen molar-refractivity contribution >= 4 is 23.4 Å². The van der Waals surface area contributed by atoms with Crippen molar-refractivity contribution in [3.8, 4) is 5.75 Å². The van der Waals surface area contributed by atoms with Crippen molar-refractivity contribution in [2.24, 2.45) is 7.05 Å². The van der Waals surface area contributed by atoms with Crippen molar-refractivity contribution in [3.63, 3.8) is 0 Å². The number of benzene rings is 2. The summed E-state index contributed by atoms with van der Waals surface area (Å²) in [6, 6.07) is 16.0. The van der Waals surface area contributed by atoms with Gasteiger partial charge in [-0.2, -0.15) is 0 Å². The Morgan fingerprint density at radius 2 is 1.81 bits per heavy atom. The quantitative estimate of drug-likeness (QED) is 0.502. The van der Waals surface area contributed by atoms with Crippen LogP contribution in [0.5, 0.6) is 5.75 Å². The Morgan fingerprint density at radius 1 is 1.10 bits per heavy atom. The largest absolute Gasteiger partial charge is 0.486 e. The molecule has 1 amide bonds. The standard InChI is InChI=1S/C24H30N4O2S/c1-6-17-9-7-8-10-20(17)25-22(29)16-31-23-27-26-21(28(23)5)15-30-19-13-11-18(12-14-19)24(2,3)4/h7-14H,6,15-16H2,1-5H3,(H,25,29). The van der Waals surface area contributed by atoms with E-state index in [2.05, 4.69) is 55.3 Å². The van der Waals surface area contributed by atoms with E-state index in [1.165, 1.54) is 17.3 Å². The van der Waals surface area contributed by atoms with Gasteiger partial charge in [0, 0.05) is 12.7 Å². The van der Waals surface area contributed by atoms with Gasteiger partial charge < -0.3 is 14.6 Å². The Kier molecular flexibility index (Phi) is 7.38. The molecule has 0 radical (unpaired) electrons. The molecule has 0 aliphatic carbocycles. The molecule has 7 heteroatoms. The fourth-order valence-corrected chi connectivity index (χ4v) is 3.79. The van der Waals surface area contributed by atoms with Gasteiger partial charge in [0.05, 0.1) is 5.75 Å². The molecular formula is C24H30N4O2S. The normalized spacial score (nSPS) is 11.4. The van der Waals surface area contributed by atoms with Gasteiger partial charge in [-0.1, -0.05) is 69.8 Å². The number of carbonyl (C=O) groups excluding carboxylic acids is 1. The predicted octanol–water partition coefficient (Wildman–Crippen LogP) is 4.98. The van der Waals surface area contributed by atoms with Crippen molar-refractivity contribution in [2.45, 2.75) is 51.3 Å².